The van der Waals surface area contributed by atoms with E-state index in [1.807, 2.05) is 41.3 Å². The smallest absolute Gasteiger partial charge is 0.258 e. The molecule has 0 aromatic heterocycles. The van der Waals surface area contributed by atoms with Crippen LogP contribution in [0.2, 0.25) is 0 Å². The second kappa shape index (κ2) is 7.81. The van der Waals surface area contributed by atoms with Gasteiger partial charge in [0, 0.05) is 24.9 Å². The Morgan fingerprint density at radius 2 is 2.04 bits per heavy atom. The molecule has 0 spiro atoms. The average molecular weight is 390 g/mol. The Bertz CT molecular complexity index is 732. The second-order valence-corrected chi connectivity index (χ2v) is 6.53. The fourth-order valence-corrected chi connectivity index (χ4v) is 3.38. The summed E-state index contributed by atoms with van der Waals surface area (Å²) in [6, 6.07) is 13.6. The van der Waals surface area contributed by atoms with Gasteiger partial charge in [0.25, 0.3) is 5.91 Å². The molecule has 24 heavy (non-hydrogen) atoms. The number of hydrogen-bond donors (Lipinski definition) is 0. The van der Waals surface area contributed by atoms with E-state index in [0.717, 1.165) is 29.5 Å². The Kier molecular flexibility index (Phi) is 5.53. The maximum atomic E-state index is 12.9. The number of hydrogen-bond acceptors (Lipinski definition) is 3. The first-order valence-corrected chi connectivity index (χ1v) is 8.81. The van der Waals surface area contributed by atoms with Crippen molar-refractivity contribution in [3.63, 3.8) is 0 Å². The molecule has 126 valence electrons. The van der Waals surface area contributed by atoms with Crippen LogP contribution in [0.5, 0.6) is 5.75 Å². The van der Waals surface area contributed by atoms with Gasteiger partial charge in [-0.05, 0) is 58.6 Å². The van der Waals surface area contributed by atoms with Crippen LogP contribution < -0.4 is 9.64 Å². The van der Waals surface area contributed by atoms with Crippen molar-refractivity contribution in [1.82, 2.24) is 0 Å². The topological polar surface area (TPSA) is 38.8 Å². The van der Waals surface area contributed by atoms with E-state index in [1.165, 1.54) is 5.56 Å². The number of para-hydroxylation sites is 1. The van der Waals surface area contributed by atoms with Crippen LogP contribution >= 0.6 is 15.9 Å². The summed E-state index contributed by atoms with van der Waals surface area (Å²) < 4.78 is 11.4. The summed E-state index contributed by atoms with van der Waals surface area (Å²) >= 11 is 3.49. The molecule has 5 heteroatoms. The van der Waals surface area contributed by atoms with Gasteiger partial charge in [0.1, 0.15) is 12.4 Å². The first kappa shape index (κ1) is 17.0. The molecule has 0 saturated heterocycles. The van der Waals surface area contributed by atoms with Gasteiger partial charge in [0.15, 0.2) is 0 Å². The zero-order chi connectivity index (χ0) is 16.9. The lowest BCUT2D eigenvalue weighted by Gasteiger charge is -2.29. The molecule has 1 aliphatic heterocycles. The standard InChI is InChI=1S/C19H20BrNO3/c1-23-11-12-24-18-9-8-15(13-16(18)20)19(22)21-10-4-6-14-5-2-3-7-17(14)21/h2-3,5,7-9,13H,4,6,10-12H2,1H3. The first-order valence-electron chi connectivity index (χ1n) is 8.02. The molecule has 0 saturated carbocycles. The molecule has 0 unspecified atom stereocenters. The first-order chi connectivity index (χ1) is 11.7. The number of carbonyl (C=O) groups excluding carboxylic acids is 1. The van der Waals surface area contributed by atoms with Gasteiger partial charge < -0.3 is 14.4 Å². The molecular formula is C19H20BrNO3. The molecule has 0 N–H and O–H groups in total. The second-order valence-electron chi connectivity index (χ2n) is 5.68. The van der Waals surface area contributed by atoms with Gasteiger partial charge in [-0.25, -0.2) is 0 Å². The van der Waals surface area contributed by atoms with Crippen molar-refractivity contribution in [2.75, 3.05) is 31.8 Å². The quantitative estimate of drug-likeness (QED) is 0.723. The van der Waals surface area contributed by atoms with Gasteiger partial charge in [-0.2, -0.15) is 0 Å². The van der Waals surface area contributed by atoms with Crippen molar-refractivity contribution < 1.29 is 14.3 Å². The van der Waals surface area contributed by atoms with Gasteiger partial charge in [-0.15, -0.1) is 0 Å². The van der Waals surface area contributed by atoms with Crippen molar-refractivity contribution in [2.45, 2.75) is 12.8 Å². The number of rotatable bonds is 5. The lowest BCUT2D eigenvalue weighted by Crippen LogP contribution is -2.35. The Morgan fingerprint density at radius 3 is 2.83 bits per heavy atom. The van der Waals surface area contributed by atoms with Crippen LogP contribution in [-0.4, -0.2) is 32.8 Å². The molecule has 2 aromatic rings. The third-order valence-electron chi connectivity index (χ3n) is 4.08. The maximum Gasteiger partial charge on any atom is 0.258 e. The third-order valence-corrected chi connectivity index (χ3v) is 4.70. The summed E-state index contributed by atoms with van der Waals surface area (Å²) in [5.41, 5.74) is 2.90. The Morgan fingerprint density at radius 1 is 1.21 bits per heavy atom. The van der Waals surface area contributed by atoms with E-state index in [4.69, 9.17) is 9.47 Å². The van der Waals surface area contributed by atoms with Crippen molar-refractivity contribution >= 4 is 27.5 Å². The minimum atomic E-state index is 0.0197. The summed E-state index contributed by atoms with van der Waals surface area (Å²) in [6.07, 6.45) is 2.01. The summed E-state index contributed by atoms with van der Waals surface area (Å²) in [5, 5.41) is 0. The van der Waals surface area contributed by atoms with E-state index >= 15 is 0 Å². The van der Waals surface area contributed by atoms with Crippen molar-refractivity contribution in [3.8, 4) is 5.75 Å². The molecule has 0 atom stereocenters. The van der Waals surface area contributed by atoms with Crippen LogP contribution in [0.1, 0.15) is 22.3 Å². The highest BCUT2D eigenvalue weighted by atomic mass is 79.9. The fraction of sp³-hybridized carbons (Fsp3) is 0.316. The summed E-state index contributed by atoms with van der Waals surface area (Å²) in [4.78, 5) is 14.8. The minimum Gasteiger partial charge on any atom is -0.490 e. The van der Waals surface area contributed by atoms with E-state index in [0.29, 0.717) is 24.5 Å². The van der Waals surface area contributed by atoms with E-state index in [2.05, 4.69) is 22.0 Å². The highest BCUT2D eigenvalue weighted by Crippen LogP contribution is 2.30. The maximum absolute atomic E-state index is 12.9. The summed E-state index contributed by atoms with van der Waals surface area (Å²) in [7, 11) is 1.64. The predicted molar refractivity (Wildman–Crippen MR) is 98.0 cm³/mol. The molecule has 0 radical (unpaired) electrons. The number of nitrogens with zero attached hydrogens (tertiary/aromatic N) is 1. The number of methoxy groups -OCH3 is 1. The van der Waals surface area contributed by atoms with E-state index in [1.54, 1.807) is 7.11 Å². The number of carbonyl (C=O) groups is 1. The van der Waals surface area contributed by atoms with Gasteiger partial charge in [-0.1, -0.05) is 18.2 Å². The lowest BCUT2D eigenvalue weighted by molar-refractivity contribution is 0.0985. The zero-order valence-electron chi connectivity index (χ0n) is 13.6. The monoisotopic (exact) mass is 389 g/mol. The highest BCUT2D eigenvalue weighted by molar-refractivity contribution is 9.10. The van der Waals surface area contributed by atoms with Crippen molar-refractivity contribution in [3.05, 3.63) is 58.1 Å². The SMILES string of the molecule is COCCOc1ccc(C(=O)N2CCCc3ccccc32)cc1Br. The summed E-state index contributed by atoms with van der Waals surface area (Å²) in [5.74, 6) is 0.730. The van der Waals surface area contributed by atoms with Crippen LogP contribution in [0.4, 0.5) is 5.69 Å². The van der Waals surface area contributed by atoms with Crippen LogP contribution in [0.3, 0.4) is 0 Å². The Balaban J connectivity index is 1.80. The Labute approximate surface area is 150 Å². The lowest BCUT2D eigenvalue weighted by atomic mass is 10.0. The number of anilines is 1. The predicted octanol–water partition coefficient (Wildman–Crippen LogP) is 4.07. The van der Waals surface area contributed by atoms with Gasteiger partial charge >= 0.3 is 0 Å². The van der Waals surface area contributed by atoms with Crippen LogP contribution in [0, 0.1) is 0 Å². The van der Waals surface area contributed by atoms with E-state index < -0.39 is 0 Å². The normalized spacial score (nSPS) is 13.5. The Hall–Kier alpha value is -1.85. The molecular weight excluding hydrogens is 370 g/mol. The molecule has 4 nitrogen and oxygen atoms in total. The van der Waals surface area contributed by atoms with E-state index in [9.17, 15) is 4.79 Å². The molecule has 0 bridgehead atoms. The largest absolute Gasteiger partial charge is 0.490 e. The molecule has 3 rings (SSSR count). The zero-order valence-corrected chi connectivity index (χ0v) is 15.2. The molecule has 1 aliphatic rings. The summed E-state index contributed by atoms with van der Waals surface area (Å²) in [6.45, 7) is 1.75. The molecule has 0 aliphatic carbocycles. The number of ether oxygens (including phenoxy) is 2. The minimum absolute atomic E-state index is 0.0197. The number of amides is 1. The number of halogens is 1. The van der Waals surface area contributed by atoms with Crippen molar-refractivity contribution in [2.24, 2.45) is 0 Å². The fourth-order valence-electron chi connectivity index (χ4n) is 2.89. The van der Waals surface area contributed by atoms with Crippen LogP contribution in [-0.2, 0) is 11.2 Å². The third kappa shape index (κ3) is 3.62. The van der Waals surface area contributed by atoms with Gasteiger partial charge in [0.2, 0.25) is 0 Å². The van der Waals surface area contributed by atoms with Crippen LogP contribution in [0.25, 0.3) is 0 Å². The molecule has 0 fully saturated rings. The van der Waals surface area contributed by atoms with Gasteiger partial charge in [0.05, 0.1) is 11.1 Å². The van der Waals surface area contributed by atoms with Crippen LogP contribution in [0.15, 0.2) is 46.9 Å². The molecule has 1 heterocycles. The number of fused-ring (bicyclic) bond motifs is 1. The van der Waals surface area contributed by atoms with Gasteiger partial charge in [-0.3, -0.25) is 4.79 Å². The average Bonchev–Trinajstić information content (AvgIpc) is 2.62. The number of benzene rings is 2. The molecule has 2 aromatic carbocycles. The molecule has 1 amide bonds. The highest BCUT2D eigenvalue weighted by Gasteiger charge is 2.23. The van der Waals surface area contributed by atoms with E-state index in [-0.39, 0.29) is 5.91 Å². The number of aryl methyl sites for hydroxylation is 1. The van der Waals surface area contributed by atoms with Crippen molar-refractivity contribution in [1.29, 1.82) is 0 Å².